The van der Waals surface area contributed by atoms with Crippen LogP contribution in [0, 0.1) is 19.7 Å². The van der Waals surface area contributed by atoms with E-state index in [9.17, 15) is 14.0 Å². The molecule has 1 aliphatic rings. The molecule has 2 aromatic carbocycles. The van der Waals surface area contributed by atoms with Crippen LogP contribution >= 0.6 is 0 Å². The number of amides is 2. The minimum absolute atomic E-state index is 0.0464. The maximum Gasteiger partial charge on any atom is 0.254 e. The Labute approximate surface area is 140 Å². The minimum Gasteiger partial charge on any atom is -0.340 e. The zero-order valence-electron chi connectivity index (χ0n) is 13.7. The number of hydrogen-bond donors (Lipinski definition) is 1. The van der Waals surface area contributed by atoms with E-state index < -0.39 is 17.8 Å². The molecule has 0 saturated carbocycles. The van der Waals surface area contributed by atoms with Gasteiger partial charge in [-0.15, -0.1) is 0 Å². The monoisotopic (exact) mass is 326 g/mol. The molecule has 1 heterocycles. The van der Waals surface area contributed by atoms with Crippen LogP contribution in [-0.2, 0) is 4.79 Å². The molecule has 124 valence electrons. The van der Waals surface area contributed by atoms with E-state index in [2.05, 4.69) is 5.32 Å². The first kappa shape index (κ1) is 16.2. The molecule has 1 saturated heterocycles. The van der Waals surface area contributed by atoms with Gasteiger partial charge in [-0.05, 0) is 55.7 Å². The third kappa shape index (κ3) is 3.02. The summed E-state index contributed by atoms with van der Waals surface area (Å²) in [5.41, 5.74) is 3.05. The van der Waals surface area contributed by atoms with Crippen molar-refractivity contribution in [3.05, 3.63) is 65.0 Å². The number of nitrogens with one attached hydrogen (secondary N) is 1. The third-order valence-electron chi connectivity index (χ3n) is 4.43. The summed E-state index contributed by atoms with van der Waals surface area (Å²) in [6.07, 6.45) is 0.506. The van der Waals surface area contributed by atoms with Crippen molar-refractivity contribution in [3.8, 4) is 0 Å². The van der Waals surface area contributed by atoms with E-state index in [4.69, 9.17) is 0 Å². The van der Waals surface area contributed by atoms with Crippen LogP contribution in [0.1, 0.15) is 27.9 Å². The lowest BCUT2D eigenvalue weighted by Gasteiger charge is -2.18. The molecule has 1 fully saturated rings. The van der Waals surface area contributed by atoms with E-state index in [1.807, 2.05) is 32.0 Å². The Bertz CT molecular complexity index is 804. The first-order valence-electron chi connectivity index (χ1n) is 7.91. The van der Waals surface area contributed by atoms with Gasteiger partial charge < -0.3 is 10.2 Å². The Morgan fingerprint density at radius 2 is 1.92 bits per heavy atom. The quantitative estimate of drug-likeness (QED) is 0.943. The van der Waals surface area contributed by atoms with Crippen LogP contribution in [0.2, 0.25) is 0 Å². The summed E-state index contributed by atoms with van der Waals surface area (Å²) in [5, 5.41) is 2.64. The number of carbonyl (C=O) groups excluding carboxylic acids is 2. The predicted octanol–water partition coefficient (Wildman–Crippen LogP) is 2.98. The minimum atomic E-state index is -0.626. The molecular weight excluding hydrogens is 307 g/mol. The molecule has 1 N–H and O–H groups in total. The van der Waals surface area contributed by atoms with Gasteiger partial charge in [-0.2, -0.15) is 0 Å². The van der Waals surface area contributed by atoms with Gasteiger partial charge in [-0.3, -0.25) is 9.59 Å². The number of rotatable bonds is 3. The molecule has 4 nitrogen and oxygen atoms in total. The summed E-state index contributed by atoms with van der Waals surface area (Å²) in [4.78, 5) is 26.4. The van der Waals surface area contributed by atoms with Crippen molar-refractivity contribution in [1.29, 1.82) is 0 Å². The highest BCUT2D eigenvalue weighted by atomic mass is 19.1. The number of nitrogens with zero attached hydrogens (tertiary/aromatic N) is 1. The highest BCUT2D eigenvalue weighted by Gasteiger charge is 2.34. The van der Waals surface area contributed by atoms with Gasteiger partial charge in [0.2, 0.25) is 5.91 Å². The molecule has 24 heavy (non-hydrogen) atoms. The zero-order valence-corrected chi connectivity index (χ0v) is 13.7. The van der Waals surface area contributed by atoms with Gasteiger partial charge in [0.15, 0.2) is 0 Å². The largest absolute Gasteiger partial charge is 0.340 e. The van der Waals surface area contributed by atoms with E-state index >= 15 is 0 Å². The van der Waals surface area contributed by atoms with Gasteiger partial charge >= 0.3 is 0 Å². The first-order chi connectivity index (χ1) is 11.5. The fourth-order valence-electron chi connectivity index (χ4n) is 2.85. The number of anilines is 1. The van der Waals surface area contributed by atoms with Crippen LogP contribution in [0.4, 0.5) is 10.1 Å². The van der Waals surface area contributed by atoms with Crippen molar-refractivity contribution in [1.82, 2.24) is 5.32 Å². The SMILES string of the molecule is Cc1ccc(N2CC[C@@H](NC(=O)c3ccccc3F)C2=O)cc1C. The Kier molecular flexibility index (Phi) is 4.34. The summed E-state index contributed by atoms with van der Waals surface area (Å²) in [5.74, 6) is -1.32. The van der Waals surface area contributed by atoms with E-state index in [0.717, 1.165) is 16.8 Å². The lowest BCUT2D eigenvalue weighted by molar-refractivity contribution is -0.118. The highest BCUT2D eigenvalue weighted by molar-refractivity contribution is 6.04. The second-order valence-corrected chi connectivity index (χ2v) is 6.05. The molecule has 0 bridgehead atoms. The highest BCUT2D eigenvalue weighted by Crippen LogP contribution is 2.24. The Balaban J connectivity index is 1.73. The van der Waals surface area contributed by atoms with Gasteiger partial charge in [-0.1, -0.05) is 18.2 Å². The van der Waals surface area contributed by atoms with Gasteiger partial charge in [0.1, 0.15) is 11.9 Å². The third-order valence-corrected chi connectivity index (χ3v) is 4.43. The molecule has 0 unspecified atom stereocenters. The Morgan fingerprint density at radius 1 is 1.17 bits per heavy atom. The van der Waals surface area contributed by atoms with Crippen LogP contribution in [-0.4, -0.2) is 24.4 Å². The lowest BCUT2D eigenvalue weighted by Crippen LogP contribution is -2.41. The number of halogens is 1. The molecule has 3 rings (SSSR count). The van der Waals surface area contributed by atoms with Gasteiger partial charge in [-0.25, -0.2) is 4.39 Å². The maximum atomic E-state index is 13.7. The van der Waals surface area contributed by atoms with Crippen molar-refractivity contribution in [2.45, 2.75) is 26.3 Å². The molecule has 2 aromatic rings. The van der Waals surface area contributed by atoms with Crippen LogP contribution < -0.4 is 10.2 Å². The predicted molar refractivity (Wildman–Crippen MR) is 90.5 cm³/mol. The van der Waals surface area contributed by atoms with E-state index in [1.165, 1.54) is 18.2 Å². The summed E-state index contributed by atoms with van der Waals surface area (Å²) < 4.78 is 13.7. The fourth-order valence-corrected chi connectivity index (χ4v) is 2.85. The molecular formula is C19H19FN2O2. The smallest absolute Gasteiger partial charge is 0.254 e. The van der Waals surface area contributed by atoms with E-state index in [1.54, 1.807) is 11.0 Å². The maximum absolute atomic E-state index is 13.7. The lowest BCUT2D eigenvalue weighted by atomic mass is 10.1. The van der Waals surface area contributed by atoms with Crippen molar-refractivity contribution in [3.63, 3.8) is 0 Å². The van der Waals surface area contributed by atoms with Gasteiger partial charge in [0.25, 0.3) is 5.91 Å². The molecule has 1 atom stereocenters. The number of carbonyl (C=O) groups is 2. The molecule has 0 radical (unpaired) electrons. The van der Waals surface area contributed by atoms with Crippen molar-refractivity contribution >= 4 is 17.5 Å². The van der Waals surface area contributed by atoms with Crippen molar-refractivity contribution in [2.75, 3.05) is 11.4 Å². The van der Waals surface area contributed by atoms with E-state index in [-0.39, 0.29) is 11.5 Å². The number of hydrogen-bond acceptors (Lipinski definition) is 2. The molecule has 1 aliphatic heterocycles. The average molecular weight is 326 g/mol. The van der Waals surface area contributed by atoms with Crippen LogP contribution in [0.3, 0.4) is 0 Å². The molecule has 5 heteroatoms. The second-order valence-electron chi connectivity index (χ2n) is 6.05. The Hall–Kier alpha value is -2.69. The molecule has 2 amide bonds. The van der Waals surface area contributed by atoms with Crippen LogP contribution in [0.15, 0.2) is 42.5 Å². The number of aryl methyl sites for hydroxylation is 2. The summed E-state index contributed by atoms with van der Waals surface area (Å²) in [6.45, 7) is 4.54. The topological polar surface area (TPSA) is 49.4 Å². The zero-order chi connectivity index (χ0) is 17.3. The van der Waals surface area contributed by atoms with Gasteiger partial charge in [0, 0.05) is 12.2 Å². The molecule has 0 aromatic heterocycles. The van der Waals surface area contributed by atoms with E-state index in [0.29, 0.717) is 13.0 Å². The fraction of sp³-hybridized carbons (Fsp3) is 0.263. The average Bonchev–Trinajstić information content (AvgIpc) is 2.91. The molecule has 0 spiro atoms. The Morgan fingerprint density at radius 3 is 2.62 bits per heavy atom. The van der Waals surface area contributed by atoms with Gasteiger partial charge in [0.05, 0.1) is 5.56 Å². The summed E-state index contributed by atoms with van der Waals surface area (Å²) in [7, 11) is 0. The van der Waals surface area contributed by atoms with Crippen LogP contribution in [0.25, 0.3) is 0 Å². The second kappa shape index (κ2) is 6.43. The summed E-state index contributed by atoms with van der Waals surface area (Å²) >= 11 is 0. The summed E-state index contributed by atoms with van der Waals surface area (Å²) in [6, 6.07) is 11.0. The van der Waals surface area contributed by atoms with Crippen molar-refractivity contribution in [2.24, 2.45) is 0 Å². The number of benzene rings is 2. The first-order valence-corrected chi connectivity index (χ1v) is 7.91. The van der Waals surface area contributed by atoms with Crippen molar-refractivity contribution < 1.29 is 14.0 Å². The standard InChI is InChI=1S/C19H19FN2O2/c1-12-7-8-14(11-13(12)2)22-10-9-17(19(22)24)21-18(23)15-5-3-4-6-16(15)20/h3-8,11,17H,9-10H2,1-2H3,(H,21,23)/t17-/m1/s1. The van der Waals surface area contributed by atoms with Crippen LogP contribution in [0.5, 0.6) is 0 Å². The normalized spacial score (nSPS) is 17.2. The molecule has 0 aliphatic carbocycles.